The van der Waals surface area contributed by atoms with Gasteiger partial charge >= 0.3 is 0 Å². The van der Waals surface area contributed by atoms with E-state index in [4.69, 9.17) is 0 Å². The van der Waals surface area contributed by atoms with Gasteiger partial charge in [0.1, 0.15) is 11.5 Å². The monoisotopic (exact) mass is 228 g/mol. The number of benzene rings is 2. The maximum Gasteiger partial charge on any atom is 0.150 e. The van der Waals surface area contributed by atoms with Crippen LogP contribution in [0.25, 0.3) is 11.1 Å². The van der Waals surface area contributed by atoms with Crippen LogP contribution in [0.2, 0.25) is 0 Å². The van der Waals surface area contributed by atoms with Crippen LogP contribution in [0.3, 0.4) is 0 Å². The third-order valence-electron chi connectivity index (χ3n) is 2.60. The quantitative estimate of drug-likeness (QED) is 0.777. The van der Waals surface area contributed by atoms with Crippen molar-refractivity contribution in [2.75, 3.05) is 0 Å². The molecule has 0 saturated heterocycles. The van der Waals surface area contributed by atoms with Crippen molar-refractivity contribution in [3.8, 4) is 22.6 Å². The van der Waals surface area contributed by atoms with Gasteiger partial charge in [-0.3, -0.25) is 4.79 Å². The molecule has 17 heavy (non-hydrogen) atoms. The lowest BCUT2D eigenvalue weighted by Crippen LogP contribution is -1.89. The first kappa shape index (κ1) is 11.2. The second-order valence-electron chi connectivity index (χ2n) is 3.88. The second kappa shape index (κ2) is 4.29. The minimum Gasteiger partial charge on any atom is -0.507 e. The Hall–Kier alpha value is -2.29. The standard InChI is InChI=1S/C14H12O3/c1-9-6-12(16)14(13(17)7-9)11-5-3-2-4-10(11)8-15/h2-8,16-17H,1H3. The SMILES string of the molecule is Cc1cc(O)c(-c2ccccc2C=O)c(O)c1. The number of carbonyl (C=O) groups is 1. The fourth-order valence-corrected chi connectivity index (χ4v) is 1.85. The molecule has 0 fully saturated rings. The Morgan fingerprint density at radius 3 is 2.24 bits per heavy atom. The van der Waals surface area contributed by atoms with Gasteiger partial charge in [-0.15, -0.1) is 0 Å². The zero-order valence-electron chi connectivity index (χ0n) is 9.34. The molecule has 0 radical (unpaired) electrons. The Morgan fingerprint density at radius 1 is 1.06 bits per heavy atom. The van der Waals surface area contributed by atoms with Gasteiger partial charge in [0, 0.05) is 5.56 Å². The van der Waals surface area contributed by atoms with E-state index in [0.717, 1.165) is 5.56 Å². The van der Waals surface area contributed by atoms with Crippen molar-refractivity contribution < 1.29 is 15.0 Å². The topological polar surface area (TPSA) is 57.5 Å². The summed E-state index contributed by atoms with van der Waals surface area (Å²) in [4.78, 5) is 10.9. The zero-order chi connectivity index (χ0) is 12.4. The molecule has 2 rings (SSSR count). The normalized spacial score (nSPS) is 10.2. The van der Waals surface area contributed by atoms with Crippen LogP contribution in [-0.4, -0.2) is 16.5 Å². The molecule has 0 heterocycles. The molecule has 0 aliphatic carbocycles. The third-order valence-corrected chi connectivity index (χ3v) is 2.60. The lowest BCUT2D eigenvalue weighted by Gasteiger charge is -2.10. The van der Waals surface area contributed by atoms with E-state index < -0.39 is 0 Å². The number of aryl methyl sites for hydroxylation is 1. The molecule has 2 N–H and O–H groups in total. The molecule has 0 saturated carbocycles. The summed E-state index contributed by atoms with van der Waals surface area (Å²) >= 11 is 0. The van der Waals surface area contributed by atoms with Gasteiger partial charge < -0.3 is 10.2 Å². The number of hydrogen-bond acceptors (Lipinski definition) is 3. The summed E-state index contributed by atoms with van der Waals surface area (Å²) in [5.74, 6) is -0.0615. The molecule has 2 aromatic carbocycles. The molecule has 0 aliphatic rings. The predicted molar refractivity (Wildman–Crippen MR) is 65.3 cm³/mol. The van der Waals surface area contributed by atoms with Crippen LogP contribution in [-0.2, 0) is 0 Å². The van der Waals surface area contributed by atoms with E-state index in [1.807, 2.05) is 0 Å². The highest BCUT2D eigenvalue weighted by molar-refractivity contribution is 5.91. The van der Waals surface area contributed by atoms with E-state index in [2.05, 4.69) is 0 Å². The summed E-state index contributed by atoms with van der Waals surface area (Å²) in [5, 5.41) is 19.7. The number of hydrogen-bond donors (Lipinski definition) is 2. The van der Waals surface area contributed by atoms with Gasteiger partial charge in [-0.2, -0.15) is 0 Å². The van der Waals surface area contributed by atoms with Crippen LogP contribution < -0.4 is 0 Å². The van der Waals surface area contributed by atoms with Crippen LogP contribution in [0.15, 0.2) is 36.4 Å². The molecule has 0 amide bonds. The van der Waals surface area contributed by atoms with Gasteiger partial charge in [0.15, 0.2) is 6.29 Å². The molecule has 0 spiro atoms. The number of phenolic OH excluding ortho intramolecular Hbond substituents is 2. The first-order chi connectivity index (χ1) is 8.13. The minimum absolute atomic E-state index is 0.0307. The number of aldehydes is 1. The second-order valence-corrected chi connectivity index (χ2v) is 3.88. The summed E-state index contributed by atoms with van der Waals surface area (Å²) in [6, 6.07) is 9.92. The average Bonchev–Trinajstić information content (AvgIpc) is 2.28. The highest BCUT2D eigenvalue weighted by atomic mass is 16.3. The Labute approximate surface area is 99.0 Å². The smallest absolute Gasteiger partial charge is 0.150 e. The first-order valence-electron chi connectivity index (χ1n) is 5.20. The molecule has 3 nitrogen and oxygen atoms in total. The molecule has 0 atom stereocenters. The van der Waals surface area contributed by atoms with Crippen molar-refractivity contribution >= 4 is 6.29 Å². The zero-order valence-corrected chi connectivity index (χ0v) is 9.34. The largest absolute Gasteiger partial charge is 0.507 e. The first-order valence-corrected chi connectivity index (χ1v) is 5.20. The van der Waals surface area contributed by atoms with Crippen LogP contribution in [0, 0.1) is 6.92 Å². The van der Waals surface area contributed by atoms with Gasteiger partial charge in [0.25, 0.3) is 0 Å². The lowest BCUT2D eigenvalue weighted by molar-refractivity contribution is 0.112. The van der Waals surface area contributed by atoms with E-state index in [0.29, 0.717) is 23.0 Å². The summed E-state index contributed by atoms with van der Waals surface area (Å²) in [6.45, 7) is 1.77. The lowest BCUT2D eigenvalue weighted by atomic mass is 9.97. The van der Waals surface area contributed by atoms with E-state index in [1.165, 1.54) is 0 Å². The number of rotatable bonds is 2. The van der Waals surface area contributed by atoms with Crippen molar-refractivity contribution in [1.29, 1.82) is 0 Å². The van der Waals surface area contributed by atoms with E-state index in [1.54, 1.807) is 43.3 Å². The Balaban J connectivity index is 2.72. The van der Waals surface area contributed by atoms with Crippen molar-refractivity contribution in [3.63, 3.8) is 0 Å². The molecule has 3 heteroatoms. The van der Waals surface area contributed by atoms with Crippen molar-refractivity contribution in [3.05, 3.63) is 47.5 Å². The van der Waals surface area contributed by atoms with Crippen molar-refractivity contribution in [1.82, 2.24) is 0 Å². The summed E-state index contributed by atoms with van der Waals surface area (Å²) in [6.07, 6.45) is 0.702. The fourth-order valence-electron chi connectivity index (χ4n) is 1.85. The maximum atomic E-state index is 10.9. The van der Waals surface area contributed by atoms with Gasteiger partial charge in [0.05, 0.1) is 5.56 Å². The van der Waals surface area contributed by atoms with E-state index in [9.17, 15) is 15.0 Å². The number of carbonyl (C=O) groups excluding carboxylic acids is 1. The summed E-state index contributed by atoms with van der Waals surface area (Å²) in [5.41, 5.74) is 2.00. The van der Waals surface area contributed by atoms with Crippen molar-refractivity contribution in [2.45, 2.75) is 6.92 Å². The van der Waals surface area contributed by atoms with Crippen LogP contribution >= 0.6 is 0 Å². The van der Waals surface area contributed by atoms with Crippen LogP contribution in [0.1, 0.15) is 15.9 Å². The fraction of sp³-hybridized carbons (Fsp3) is 0.0714. The van der Waals surface area contributed by atoms with Gasteiger partial charge in [-0.05, 0) is 30.2 Å². The minimum atomic E-state index is -0.0307. The molecular formula is C14H12O3. The summed E-state index contributed by atoms with van der Waals surface area (Å²) in [7, 11) is 0. The van der Waals surface area contributed by atoms with Gasteiger partial charge in [-0.1, -0.05) is 24.3 Å². The Kier molecular flexibility index (Phi) is 2.83. The molecule has 86 valence electrons. The van der Waals surface area contributed by atoms with E-state index >= 15 is 0 Å². The molecule has 0 bridgehead atoms. The third kappa shape index (κ3) is 1.99. The van der Waals surface area contributed by atoms with E-state index in [-0.39, 0.29) is 11.5 Å². The highest BCUT2D eigenvalue weighted by Crippen LogP contribution is 2.39. The molecular weight excluding hydrogens is 216 g/mol. The van der Waals surface area contributed by atoms with Crippen LogP contribution in [0.4, 0.5) is 0 Å². The average molecular weight is 228 g/mol. The maximum absolute atomic E-state index is 10.9. The van der Waals surface area contributed by atoms with Crippen molar-refractivity contribution in [2.24, 2.45) is 0 Å². The van der Waals surface area contributed by atoms with Gasteiger partial charge in [-0.25, -0.2) is 0 Å². The van der Waals surface area contributed by atoms with Crippen LogP contribution in [0.5, 0.6) is 11.5 Å². The Morgan fingerprint density at radius 2 is 1.65 bits per heavy atom. The number of phenols is 2. The molecule has 0 unspecified atom stereocenters. The highest BCUT2D eigenvalue weighted by Gasteiger charge is 2.13. The molecule has 0 aliphatic heterocycles. The molecule has 0 aromatic heterocycles. The summed E-state index contributed by atoms with van der Waals surface area (Å²) < 4.78 is 0. The number of aromatic hydroxyl groups is 2. The predicted octanol–water partition coefficient (Wildman–Crippen LogP) is 2.89. The van der Waals surface area contributed by atoms with Gasteiger partial charge in [0.2, 0.25) is 0 Å². The Bertz CT molecular complexity index is 550. The molecule has 2 aromatic rings.